The van der Waals surface area contributed by atoms with Crippen molar-refractivity contribution in [3.63, 3.8) is 0 Å². The number of para-hydroxylation sites is 1. The molecule has 8 heteroatoms. The van der Waals surface area contributed by atoms with E-state index in [2.05, 4.69) is 5.32 Å². The highest BCUT2D eigenvalue weighted by molar-refractivity contribution is 5.95. The first-order chi connectivity index (χ1) is 17.6. The lowest BCUT2D eigenvalue weighted by Crippen LogP contribution is -2.35. The molecule has 8 nitrogen and oxygen atoms in total. The number of rotatable bonds is 7. The summed E-state index contributed by atoms with van der Waals surface area (Å²) in [6.45, 7) is 1.24. The number of benzene rings is 3. The van der Waals surface area contributed by atoms with Crippen LogP contribution in [-0.4, -0.2) is 50.8 Å². The quantitative estimate of drug-likeness (QED) is 0.547. The molecule has 0 aliphatic carbocycles. The molecule has 3 aromatic rings. The van der Waals surface area contributed by atoms with Crippen molar-refractivity contribution in [1.29, 1.82) is 0 Å². The van der Waals surface area contributed by atoms with Gasteiger partial charge < -0.3 is 29.2 Å². The average molecular weight is 489 g/mol. The second-order valence-electron chi connectivity index (χ2n) is 8.80. The van der Waals surface area contributed by atoms with Crippen molar-refractivity contribution >= 4 is 11.8 Å². The van der Waals surface area contributed by atoms with Crippen LogP contribution in [0.2, 0.25) is 0 Å². The molecule has 5 rings (SSSR count). The highest BCUT2D eigenvalue weighted by Crippen LogP contribution is 2.38. The summed E-state index contributed by atoms with van der Waals surface area (Å²) in [4.78, 5) is 28.6. The molecule has 2 aliphatic rings. The third kappa shape index (κ3) is 4.66. The standard InChI is InChI=1S/C28H28N2O6/c1-33-20-7-5-6-19(13-20)28(32)30-15-22(21-8-3-4-9-24(21)34-2)23(16-30)27(31)29-14-18-10-11-25-26(12-18)36-17-35-25/h3-13,22-23H,14-17H2,1-2H3,(H,29,31). The number of fused-ring (bicyclic) bond motifs is 1. The Kier molecular flexibility index (Phi) is 6.66. The van der Waals surface area contributed by atoms with E-state index in [1.807, 2.05) is 42.5 Å². The number of amides is 2. The van der Waals surface area contributed by atoms with Gasteiger partial charge in [-0.05, 0) is 47.5 Å². The maximum atomic E-state index is 13.5. The molecule has 186 valence electrons. The average Bonchev–Trinajstić information content (AvgIpc) is 3.58. The molecule has 0 saturated carbocycles. The zero-order chi connectivity index (χ0) is 25.1. The minimum Gasteiger partial charge on any atom is -0.497 e. The first-order valence-electron chi connectivity index (χ1n) is 11.8. The van der Waals surface area contributed by atoms with E-state index in [0.717, 1.165) is 11.1 Å². The van der Waals surface area contributed by atoms with Crippen LogP contribution in [0, 0.1) is 5.92 Å². The van der Waals surface area contributed by atoms with Gasteiger partial charge in [-0.25, -0.2) is 0 Å². The van der Waals surface area contributed by atoms with Crippen molar-refractivity contribution in [3.8, 4) is 23.0 Å². The fraction of sp³-hybridized carbons (Fsp3) is 0.286. The van der Waals surface area contributed by atoms with Gasteiger partial charge >= 0.3 is 0 Å². The number of carbonyl (C=O) groups excluding carboxylic acids is 2. The van der Waals surface area contributed by atoms with Gasteiger partial charge in [0.25, 0.3) is 5.91 Å². The predicted molar refractivity (Wildman–Crippen MR) is 133 cm³/mol. The first-order valence-corrected chi connectivity index (χ1v) is 11.8. The second-order valence-corrected chi connectivity index (χ2v) is 8.80. The summed E-state index contributed by atoms with van der Waals surface area (Å²) in [6, 6.07) is 20.3. The SMILES string of the molecule is COc1cccc(C(=O)N2CC(C(=O)NCc3ccc4c(c3)OCO4)C(c3ccccc3OC)C2)c1. The van der Waals surface area contributed by atoms with Crippen LogP contribution < -0.4 is 24.3 Å². The van der Waals surface area contributed by atoms with Crippen LogP contribution in [0.15, 0.2) is 66.7 Å². The molecule has 1 fully saturated rings. The Labute approximate surface area is 209 Å². The summed E-state index contributed by atoms with van der Waals surface area (Å²) in [6.07, 6.45) is 0. The molecule has 1 N–H and O–H groups in total. The van der Waals surface area contributed by atoms with Crippen LogP contribution in [-0.2, 0) is 11.3 Å². The van der Waals surface area contributed by atoms with Crippen molar-refractivity contribution in [2.45, 2.75) is 12.5 Å². The Balaban J connectivity index is 1.37. The van der Waals surface area contributed by atoms with Gasteiger partial charge in [0.05, 0.1) is 20.1 Å². The molecule has 2 atom stereocenters. The van der Waals surface area contributed by atoms with E-state index < -0.39 is 5.92 Å². The number of methoxy groups -OCH3 is 2. The van der Waals surface area contributed by atoms with Crippen LogP contribution in [0.1, 0.15) is 27.4 Å². The molecule has 2 aliphatic heterocycles. The lowest BCUT2D eigenvalue weighted by atomic mass is 9.87. The summed E-state index contributed by atoms with van der Waals surface area (Å²) in [7, 11) is 3.18. The van der Waals surface area contributed by atoms with Crippen LogP contribution in [0.3, 0.4) is 0 Å². The van der Waals surface area contributed by atoms with Crippen LogP contribution >= 0.6 is 0 Å². The number of likely N-dealkylation sites (tertiary alicyclic amines) is 1. The van der Waals surface area contributed by atoms with Gasteiger partial charge in [0.1, 0.15) is 11.5 Å². The number of nitrogens with one attached hydrogen (secondary N) is 1. The number of hydrogen-bond acceptors (Lipinski definition) is 6. The molecule has 0 aromatic heterocycles. The van der Waals surface area contributed by atoms with E-state index in [1.54, 1.807) is 43.4 Å². The van der Waals surface area contributed by atoms with Gasteiger partial charge in [-0.15, -0.1) is 0 Å². The maximum Gasteiger partial charge on any atom is 0.254 e. The number of nitrogens with zero attached hydrogens (tertiary/aromatic N) is 1. The Morgan fingerprint density at radius 1 is 0.944 bits per heavy atom. The highest BCUT2D eigenvalue weighted by Gasteiger charge is 2.41. The van der Waals surface area contributed by atoms with E-state index in [1.165, 1.54) is 0 Å². The third-order valence-electron chi connectivity index (χ3n) is 6.70. The number of ether oxygens (including phenoxy) is 4. The molecule has 2 heterocycles. The zero-order valence-corrected chi connectivity index (χ0v) is 20.2. The second kappa shape index (κ2) is 10.2. The van der Waals surface area contributed by atoms with E-state index in [0.29, 0.717) is 48.2 Å². The van der Waals surface area contributed by atoms with Gasteiger partial charge in [0.15, 0.2) is 11.5 Å². The van der Waals surface area contributed by atoms with Crippen LogP contribution in [0.4, 0.5) is 0 Å². The molecule has 0 spiro atoms. The molecule has 0 radical (unpaired) electrons. The molecular weight excluding hydrogens is 460 g/mol. The molecule has 0 bridgehead atoms. The molecule has 2 amide bonds. The fourth-order valence-corrected chi connectivity index (χ4v) is 4.83. The first kappa shape index (κ1) is 23.5. The smallest absolute Gasteiger partial charge is 0.254 e. The fourth-order valence-electron chi connectivity index (χ4n) is 4.83. The van der Waals surface area contributed by atoms with Crippen molar-refractivity contribution in [3.05, 3.63) is 83.4 Å². The van der Waals surface area contributed by atoms with Gasteiger partial charge in [0.2, 0.25) is 12.7 Å². The third-order valence-corrected chi connectivity index (χ3v) is 6.70. The van der Waals surface area contributed by atoms with Crippen LogP contribution in [0.25, 0.3) is 0 Å². The molecule has 2 unspecified atom stereocenters. The highest BCUT2D eigenvalue weighted by atomic mass is 16.7. The lowest BCUT2D eigenvalue weighted by molar-refractivity contribution is -0.125. The van der Waals surface area contributed by atoms with Gasteiger partial charge in [-0.1, -0.05) is 30.3 Å². The Hall–Kier alpha value is -4.20. The normalized spacial score (nSPS) is 18.1. The molecule has 36 heavy (non-hydrogen) atoms. The van der Waals surface area contributed by atoms with E-state index >= 15 is 0 Å². The minimum absolute atomic E-state index is 0.121. The van der Waals surface area contributed by atoms with Gasteiger partial charge in [-0.3, -0.25) is 9.59 Å². The summed E-state index contributed by atoms with van der Waals surface area (Å²) < 4.78 is 21.7. The summed E-state index contributed by atoms with van der Waals surface area (Å²) >= 11 is 0. The number of carbonyl (C=O) groups is 2. The van der Waals surface area contributed by atoms with Crippen molar-refractivity contribution < 1.29 is 28.5 Å². The molecular formula is C28H28N2O6. The Bertz CT molecular complexity index is 1280. The molecule has 1 saturated heterocycles. The maximum absolute atomic E-state index is 13.5. The number of hydrogen-bond donors (Lipinski definition) is 1. The van der Waals surface area contributed by atoms with Crippen molar-refractivity contribution in [2.24, 2.45) is 5.92 Å². The Morgan fingerprint density at radius 2 is 1.78 bits per heavy atom. The summed E-state index contributed by atoms with van der Waals surface area (Å²) in [5.41, 5.74) is 2.34. The topological polar surface area (TPSA) is 86.3 Å². The molecule has 3 aromatic carbocycles. The minimum atomic E-state index is -0.440. The largest absolute Gasteiger partial charge is 0.497 e. The van der Waals surface area contributed by atoms with E-state index in [4.69, 9.17) is 18.9 Å². The lowest BCUT2D eigenvalue weighted by Gasteiger charge is -2.20. The van der Waals surface area contributed by atoms with E-state index in [9.17, 15) is 9.59 Å². The summed E-state index contributed by atoms with van der Waals surface area (Å²) in [5.74, 6) is 1.76. The van der Waals surface area contributed by atoms with Crippen molar-refractivity contribution in [2.75, 3.05) is 34.1 Å². The zero-order valence-electron chi connectivity index (χ0n) is 20.2. The van der Waals surface area contributed by atoms with Gasteiger partial charge in [0, 0.05) is 31.1 Å². The van der Waals surface area contributed by atoms with Crippen LogP contribution in [0.5, 0.6) is 23.0 Å². The van der Waals surface area contributed by atoms with E-state index in [-0.39, 0.29) is 24.5 Å². The van der Waals surface area contributed by atoms with Crippen molar-refractivity contribution in [1.82, 2.24) is 10.2 Å². The van der Waals surface area contributed by atoms with Gasteiger partial charge in [-0.2, -0.15) is 0 Å². The Morgan fingerprint density at radius 3 is 2.61 bits per heavy atom. The monoisotopic (exact) mass is 488 g/mol. The predicted octanol–water partition coefficient (Wildman–Crippen LogP) is 3.60. The summed E-state index contributed by atoms with van der Waals surface area (Å²) in [5, 5.41) is 3.05.